The van der Waals surface area contributed by atoms with E-state index in [-0.39, 0.29) is 14.9 Å². The number of nitrogen functional groups attached to an aromatic ring is 1. The summed E-state index contributed by atoms with van der Waals surface area (Å²) in [7, 11) is -3.64. The summed E-state index contributed by atoms with van der Waals surface area (Å²) < 4.78 is 100. The molecule has 0 radical (unpaired) electrons. The van der Waals surface area contributed by atoms with Crippen molar-refractivity contribution in [2.45, 2.75) is 23.5 Å². The lowest BCUT2D eigenvalue weighted by Crippen LogP contribution is -2.14. The van der Waals surface area contributed by atoms with E-state index >= 15 is 0 Å². The summed E-state index contributed by atoms with van der Waals surface area (Å²) in [5, 5.41) is 16.8. The average molecular weight is 603 g/mol. The van der Waals surface area contributed by atoms with Crippen LogP contribution in [0.3, 0.4) is 0 Å². The third-order valence-electron chi connectivity index (χ3n) is 4.59. The van der Waals surface area contributed by atoms with E-state index in [0.29, 0.717) is 28.5 Å². The van der Waals surface area contributed by atoms with Gasteiger partial charge in [-0.25, -0.2) is 32.8 Å². The van der Waals surface area contributed by atoms with Crippen LogP contribution in [-0.2, 0) is 22.4 Å². The van der Waals surface area contributed by atoms with Crippen molar-refractivity contribution in [1.82, 2.24) is 19.6 Å². The van der Waals surface area contributed by atoms with E-state index in [1.807, 2.05) is 0 Å². The fourth-order valence-corrected chi connectivity index (χ4v) is 5.07. The van der Waals surface area contributed by atoms with Crippen molar-refractivity contribution in [3.05, 3.63) is 58.0 Å². The van der Waals surface area contributed by atoms with Crippen molar-refractivity contribution in [3.63, 3.8) is 0 Å². The molecule has 0 unspecified atom stereocenters. The minimum atomic E-state index is -4.92. The molecule has 3 aromatic heterocycles. The molecule has 0 aliphatic carbocycles. The molecule has 0 amide bonds. The summed E-state index contributed by atoms with van der Waals surface area (Å²) in [6.45, 7) is 1.55. The molecule has 38 heavy (non-hydrogen) atoms. The van der Waals surface area contributed by atoms with Gasteiger partial charge in [0, 0.05) is 5.56 Å². The van der Waals surface area contributed by atoms with Crippen LogP contribution < -0.4 is 10.9 Å². The Hall–Kier alpha value is -3.48. The number of halogens is 7. The fourth-order valence-electron chi connectivity index (χ4n) is 3.03. The highest BCUT2D eigenvalue weighted by atomic mass is 35.5. The molecule has 0 fully saturated rings. The second-order valence-electron chi connectivity index (χ2n) is 7.29. The molecule has 204 valence electrons. The maximum atomic E-state index is 13.3. The largest absolute Gasteiger partial charge is 0.477 e. The average Bonchev–Trinajstić information content (AvgIpc) is 3.34. The van der Waals surface area contributed by atoms with Crippen molar-refractivity contribution < 1.29 is 44.7 Å². The number of rotatable bonds is 3. The first-order valence-corrected chi connectivity index (χ1v) is 12.4. The summed E-state index contributed by atoms with van der Waals surface area (Å²) >= 11 is 6.47. The van der Waals surface area contributed by atoms with Gasteiger partial charge in [-0.15, -0.1) is 0 Å². The first kappa shape index (κ1) is 29.1. The van der Waals surface area contributed by atoms with Crippen LogP contribution in [0.5, 0.6) is 0 Å². The normalized spacial score (nSPS) is 12.3. The monoisotopic (exact) mass is 602 g/mol. The molecule has 1 aromatic carbocycles. The van der Waals surface area contributed by atoms with Crippen LogP contribution in [0.2, 0.25) is 5.02 Å². The molecule has 19 heteroatoms. The van der Waals surface area contributed by atoms with Crippen LogP contribution in [0.25, 0.3) is 16.9 Å². The number of anilines is 1. The van der Waals surface area contributed by atoms with E-state index < -0.39 is 61.5 Å². The summed E-state index contributed by atoms with van der Waals surface area (Å²) in [6, 6.07) is 2.85. The molecular weight excluding hydrogens is 590 g/mol. The maximum absolute atomic E-state index is 13.3. The smallest absolute Gasteiger partial charge is 0.433 e. The number of nitrogens with two attached hydrogens (primary N) is 2. The van der Waals surface area contributed by atoms with E-state index in [4.69, 9.17) is 27.6 Å². The number of nitrogens with zero attached hydrogens (tertiary/aromatic N) is 4. The van der Waals surface area contributed by atoms with Crippen molar-refractivity contribution >= 4 is 49.7 Å². The number of alkyl halides is 6. The number of carboxylic acid groups (broad SMARTS) is 1. The van der Waals surface area contributed by atoms with E-state index in [1.54, 1.807) is 6.92 Å². The first-order valence-electron chi connectivity index (χ1n) is 9.62. The quantitative estimate of drug-likeness (QED) is 0.289. The molecule has 0 saturated carbocycles. The van der Waals surface area contributed by atoms with Gasteiger partial charge in [-0.05, 0) is 25.1 Å². The number of fused-ring (bicyclic) bond motifs is 1. The van der Waals surface area contributed by atoms with Gasteiger partial charge in [0.05, 0.1) is 28.2 Å². The van der Waals surface area contributed by atoms with Gasteiger partial charge in [0.25, 0.3) is 0 Å². The molecule has 0 atom stereocenters. The van der Waals surface area contributed by atoms with Gasteiger partial charge in [-0.2, -0.15) is 31.4 Å². The number of carboxylic acids is 1. The molecular formula is C19H13ClF6N6O4S2. The topological polar surface area (TPSA) is 167 Å². The number of sulfonamides is 1. The predicted octanol–water partition coefficient (Wildman–Crippen LogP) is 4.47. The number of aromatic nitrogens is 4. The molecule has 10 nitrogen and oxygen atoms in total. The Bertz CT molecular complexity index is 1650. The Labute approximate surface area is 217 Å². The Kier molecular flexibility index (Phi) is 7.66. The second-order valence-corrected chi connectivity index (χ2v) is 10.5. The van der Waals surface area contributed by atoms with Crippen LogP contribution >= 0.6 is 22.9 Å². The van der Waals surface area contributed by atoms with Crippen LogP contribution in [0.1, 0.15) is 27.3 Å². The number of aromatic carboxylic acids is 1. The standard InChI is InChI=1S/C15H6ClF6N3O2.C4H7N3O2S2/c16-9-3-6(1-2-8(9)14(17,18)19)10-4-11(15(20,21)22)25-12(24-10)7(5-23-25)13(26)27;1-2-3(11(6,8)9)10-4(5)7-2/h1-5H,(H,26,27);1H3,(H2,5,7)(H2,6,8,9). The lowest BCUT2D eigenvalue weighted by atomic mass is 10.1. The zero-order valence-corrected chi connectivity index (χ0v) is 20.9. The number of hydrogen-bond donors (Lipinski definition) is 3. The predicted molar refractivity (Wildman–Crippen MR) is 123 cm³/mol. The highest BCUT2D eigenvalue weighted by Gasteiger charge is 2.37. The molecule has 0 aliphatic heterocycles. The summed E-state index contributed by atoms with van der Waals surface area (Å²) in [5.41, 5.74) is 1.34. The highest BCUT2D eigenvalue weighted by Crippen LogP contribution is 2.38. The molecule has 0 spiro atoms. The summed E-state index contributed by atoms with van der Waals surface area (Å²) in [4.78, 5) is 18.7. The van der Waals surface area contributed by atoms with E-state index in [9.17, 15) is 39.6 Å². The highest BCUT2D eigenvalue weighted by molar-refractivity contribution is 7.91. The van der Waals surface area contributed by atoms with Crippen molar-refractivity contribution in [2.24, 2.45) is 5.14 Å². The minimum Gasteiger partial charge on any atom is -0.477 e. The van der Waals surface area contributed by atoms with Crippen LogP contribution in [0.4, 0.5) is 31.5 Å². The Balaban J connectivity index is 0.000000304. The number of thiazole rings is 1. The lowest BCUT2D eigenvalue weighted by molar-refractivity contribution is -0.142. The number of hydrogen-bond acceptors (Lipinski definition) is 8. The summed E-state index contributed by atoms with van der Waals surface area (Å²) in [6.07, 6.45) is -8.97. The third kappa shape index (κ3) is 6.14. The minimum absolute atomic E-state index is 0.0370. The van der Waals surface area contributed by atoms with Gasteiger partial charge in [0.15, 0.2) is 20.7 Å². The number of primary sulfonamides is 1. The number of carbonyl (C=O) groups is 1. The van der Waals surface area contributed by atoms with Gasteiger partial charge in [-0.1, -0.05) is 29.0 Å². The first-order chi connectivity index (χ1) is 17.3. The Morgan fingerprint density at radius 3 is 2.16 bits per heavy atom. The molecule has 4 aromatic rings. The van der Waals surface area contributed by atoms with Crippen LogP contribution in [-0.4, -0.2) is 39.1 Å². The van der Waals surface area contributed by atoms with E-state index in [2.05, 4.69) is 15.1 Å². The molecule has 0 aliphatic rings. The number of benzene rings is 1. The lowest BCUT2D eigenvalue weighted by Gasteiger charge is -2.13. The molecule has 0 saturated heterocycles. The van der Waals surface area contributed by atoms with E-state index in [0.717, 1.165) is 23.5 Å². The SMILES string of the molecule is Cc1nc(N)sc1S(N)(=O)=O.O=C(O)c1cnn2c(C(F)(F)F)cc(-c3ccc(C(F)(F)F)c(Cl)c3)nc12. The van der Waals surface area contributed by atoms with Gasteiger partial charge in [0.1, 0.15) is 5.56 Å². The molecule has 3 heterocycles. The van der Waals surface area contributed by atoms with E-state index in [1.165, 1.54) is 0 Å². The molecule has 0 bridgehead atoms. The van der Waals surface area contributed by atoms with Gasteiger partial charge in [0.2, 0.25) is 10.0 Å². The maximum Gasteiger partial charge on any atom is 0.433 e. The summed E-state index contributed by atoms with van der Waals surface area (Å²) in [5.74, 6) is -1.56. The Morgan fingerprint density at radius 1 is 1.11 bits per heavy atom. The van der Waals surface area contributed by atoms with Gasteiger partial charge < -0.3 is 10.8 Å². The molecule has 4 rings (SSSR count). The van der Waals surface area contributed by atoms with Crippen LogP contribution in [0.15, 0.2) is 34.7 Å². The zero-order valence-electron chi connectivity index (χ0n) is 18.5. The number of aryl methyl sites for hydroxylation is 1. The Morgan fingerprint density at radius 2 is 1.74 bits per heavy atom. The van der Waals surface area contributed by atoms with Gasteiger partial charge in [-0.3, -0.25) is 0 Å². The molecule has 5 N–H and O–H groups in total. The van der Waals surface area contributed by atoms with Crippen molar-refractivity contribution in [3.8, 4) is 11.3 Å². The third-order valence-corrected chi connectivity index (χ3v) is 7.44. The van der Waals surface area contributed by atoms with Gasteiger partial charge >= 0.3 is 18.3 Å². The zero-order chi connectivity index (χ0) is 28.8. The van der Waals surface area contributed by atoms with Crippen molar-refractivity contribution in [2.75, 3.05) is 5.73 Å². The fraction of sp³-hybridized carbons (Fsp3) is 0.158. The second kappa shape index (κ2) is 10.0. The van der Waals surface area contributed by atoms with Crippen molar-refractivity contribution in [1.29, 1.82) is 0 Å². The van der Waals surface area contributed by atoms with Crippen LogP contribution in [0, 0.1) is 6.92 Å².